The number of thioether (sulfide) groups is 1. The normalized spacial score (nSPS) is 12.1. The van der Waals surface area contributed by atoms with Gasteiger partial charge in [0.1, 0.15) is 6.54 Å². The monoisotopic (exact) mass is 614 g/mol. The summed E-state index contributed by atoms with van der Waals surface area (Å²) in [6.07, 6.45) is -1.34. The number of carbonyl (C=O) groups excluding carboxylic acids is 1. The predicted molar refractivity (Wildman–Crippen MR) is 160 cm³/mol. The number of aryl methyl sites for hydroxylation is 2. The highest BCUT2D eigenvalue weighted by Crippen LogP contribution is 2.35. The second-order valence-corrected chi connectivity index (χ2v) is 12.2. The first-order chi connectivity index (χ1) is 19.8. The van der Waals surface area contributed by atoms with E-state index in [4.69, 9.17) is 0 Å². The van der Waals surface area contributed by atoms with Gasteiger partial charge in [0.2, 0.25) is 0 Å². The van der Waals surface area contributed by atoms with Crippen molar-refractivity contribution in [3.63, 3.8) is 0 Å². The Balaban J connectivity index is 1.57. The van der Waals surface area contributed by atoms with Crippen LogP contribution in [0.1, 0.15) is 28.1 Å². The first-order valence-corrected chi connectivity index (χ1v) is 15.4. The van der Waals surface area contributed by atoms with Gasteiger partial charge in [-0.3, -0.25) is 9.10 Å². The third-order valence-corrected chi connectivity index (χ3v) is 9.10. The Morgan fingerprint density at radius 1 is 1.00 bits per heavy atom. The molecule has 0 radical (unpaired) electrons. The van der Waals surface area contributed by atoms with Crippen molar-refractivity contribution in [1.82, 2.24) is 9.99 Å². The van der Waals surface area contributed by atoms with Gasteiger partial charge in [0.25, 0.3) is 15.9 Å². The first-order valence-electron chi connectivity index (χ1n) is 12.7. The van der Waals surface area contributed by atoms with Crippen molar-refractivity contribution in [3.05, 3.63) is 107 Å². The zero-order valence-electron chi connectivity index (χ0n) is 23.3. The number of para-hydroxylation sites is 1. The minimum absolute atomic E-state index is 0.0202. The van der Waals surface area contributed by atoms with Crippen LogP contribution in [0.15, 0.2) is 93.8 Å². The largest absolute Gasteiger partial charge is 0.418 e. The lowest BCUT2D eigenvalue weighted by Gasteiger charge is -2.24. The van der Waals surface area contributed by atoms with E-state index in [2.05, 4.69) is 10.5 Å². The first kappa shape index (κ1) is 30.9. The number of hydrogen-bond donors (Lipinski definition) is 1. The van der Waals surface area contributed by atoms with E-state index in [0.717, 1.165) is 20.8 Å². The molecule has 42 heavy (non-hydrogen) atoms. The van der Waals surface area contributed by atoms with E-state index in [-0.39, 0.29) is 10.6 Å². The zero-order chi connectivity index (χ0) is 30.7. The molecular weight excluding hydrogens is 585 g/mol. The number of halogens is 3. The second-order valence-electron chi connectivity index (χ2n) is 9.49. The van der Waals surface area contributed by atoms with Crippen LogP contribution < -0.4 is 9.73 Å². The molecule has 4 aromatic rings. The summed E-state index contributed by atoms with van der Waals surface area (Å²) in [6.45, 7) is 4.64. The van der Waals surface area contributed by atoms with Gasteiger partial charge in [-0.05, 0) is 81.6 Å². The van der Waals surface area contributed by atoms with Gasteiger partial charge < -0.3 is 4.57 Å². The minimum atomic E-state index is -4.54. The van der Waals surface area contributed by atoms with Crippen LogP contribution in [0, 0.1) is 20.8 Å². The summed E-state index contributed by atoms with van der Waals surface area (Å²) in [5.74, 6) is -0.702. The van der Waals surface area contributed by atoms with Gasteiger partial charge in [-0.25, -0.2) is 13.8 Å². The predicted octanol–water partition coefficient (Wildman–Crippen LogP) is 6.49. The standard InChI is InChI=1S/C30H29F3N4O3S2/c1-20-9-11-24(12-10-20)36(42(39,40)26-15-13-25(41-4)14-16-26)19-29(38)35-34-18-23-17-21(2)37(22(23)3)28-8-6-5-7-27(28)30(31,32)33/h5-18H,19H2,1-4H3,(H,35,38)/b34-18-. The van der Waals surface area contributed by atoms with Gasteiger partial charge in [-0.1, -0.05) is 29.8 Å². The van der Waals surface area contributed by atoms with Crippen LogP contribution in [0.4, 0.5) is 18.9 Å². The van der Waals surface area contributed by atoms with Crippen LogP contribution in [0.5, 0.6) is 0 Å². The van der Waals surface area contributed by atoms with Crippen molar-refractivity contribution in [3.8, 4) is 5.69 Å². The zero-order valence-corrected chi connectivity index (χ0v) is 24.9. The van der Waals surface area contributed by atoms with Crippen LogP contribution >= 0.6 is 11.8 Å². The highest BCUT2D eigenvalue weighted by molar-refractivity contribution is 7.98. The molecule has 0 aliphatic carbocycles. The number of alkyl halides is 3. The summed E-state index contributed by atoms with van der Waals surface area (Å²) in [5, 5.41) is 3.98. The minimum Gasteiger partial charge on any atom is -0.317 e. The summed E-state index contributed by atoms with van der Waals surface area (Å²) < 4.78 is 70.5. The fourth-order valence-corrected chi connectivity index (χ4v) is 6.27. The second kappa shape index (κ2) is 12.5. The SMILES string of the molecule is CSc1ccc(S(=O)(=O)N(CC(=O)N/N=C\c2cc(C)n(-c3ccccc3C(F)(F)F)c2C)c2ccc(C)cc2)cc1. The molecule has 0 unspecified atom stereocenters. The summed E-state index contributed by atoms with van der Waals surface area (Å²) in [6, 6.07) is 20.0. The molecule has 0 saturated heterocycles. The van der Waals surface area contributed by atoms with E-state index in [0.29, 0.717) is 22.6 Å². The number of nitrogens with zero attached hydrogens (tertiary/aromatic N) is 3. The quantitative estimate of drug-likeness (QED) is 0.133. The number of amides is 1. The molecule has 0 saturated carbocycles. The third-order valence-electron chi connectivity index (χ3n) is 6.57. The average Bonchev–Trinajstić information content (AvgIpc) is 3.24. The molecule has 3 aromatic carbocycles. The fraction of sp³-hybridized carbons (Fsp3) is 0.200. The maximum absolute atomic E-state index is 13.6. The molecular formula is C30H29F3N4O3S2. The number of sulfonamides is 1. The number of aromatic nitrogens is 1. The van der Waals surface area contributed by atoms with Crippen LogP contribution in [0.25, 0.3) is 5.69 Å². The van der Waals surface area contributed by atoms with Crippen molar-refractivity contribution in [2.45, 2.75) is 36.7 Å². The number of hydrazone groups is 1. The van der Waals surface area contributed by atoms with Crippen LogP contribution in [0.3, 0.4) is 0 Å². The van der Waals surface area contributed by atoms with Crippen molar-refractivity contribution in [2.24, 2.45) is 5.10 Å². The molecule has 12 heteroatoms. The van der Waals surface area contributed by atoms with Gasteiger partial charge in [0, 0.05) is 21.8 Å². The van der Waals surface area contributed by atoms with Crippen LogP contribution in [-0.4, -0.2) is 37.9 Å². The Kier molecular flexibility index (Phi) is 9.17. The molecule has 0 aliphatic heterocycles. The van der Waals surface area contributed by atoms with Crippen LogP contribution in [0.2, 0.25) is 0 Å². The Labute approximate surface area is 247 Å². The maximum atomic E-state index is 13.6. The molecule has 7 nitrogen and oxygen atoms in total. The summed E-state index contributed by atoms with van der Waals surface area (Å²) in [5.41, 5.74) is 4.30. The molecule has 0 aliphatic rings. The molecule has 4 rings (SSSR count). The molecule has 220 valence electrons. The summed E-state index contributed by atoms with van der Waals surface area (Å²) in [7, 11) is -4.10. The molecule has 0 atom stereocenters. The molecule has 0 spiro atoms. The Bertz CT molecular complexity index is 1710. The fourth-order valence-electron chi connectivity index (χ4n) is 4.44. The number of hydrogen-bond acceptors (Lipinski definition) is 5. The molecule has 1 heterocycles. The van der Waals surface area contributed by atoms with E-state index >= 15 is 0 Å². The number of carbonyl (C=O) groups is 1. The van der Waals surface area contributed by atoms with Gasteiger partial charge in [0.15, 0.2) is 0 Å². The Hall–Kier alpha value is -4.03. The number of nitrogens with one attached hydrogen (secondary N) is 1. The molecule has 0 fully saturated rings. The van der Waals surface area contributed by atoms with E-state index in [1.165, 1.54) is 52.9 Å². The summed E-state index contributed by atoms with van der Waals surface area (Å²) >= 11 is 1.48. The number of anilines is 1. The molecule has 0 bridgehead atoms. The highest BCUT2D eigenvalue weighted by Gasteiger charge is 2.34. The van der Waals surface area contributed by atoms with E-state index in [1.54, 1.807) is 56.3 Å². The lowest BCUT2D eigenvalue weighted by Crippen LogP contribution is -2.39. The van der Waals surface area contributed by atoms with Crippen molar-refractivity contribution in [1.29, 1.82) is 0 Å². The molecule has 1 aromatic heterocycles. The van der Waals surface area contributed by atoms with Gasteiger partial charge in [-0.15, -0.1) is 11.8 Å². The Morgan fingerprint density at radius 2 is 1.64 bits per heavy atom. The van der Waals surface area contributed by atoms with Crippen molar-refractivity contribution >= 4 is 39.6 Å². The van der Waals surface area contributed by atoms with E-state index in [9.17, 15) is 26.4 Å². The van der Waals surface area contributed by atoms with Gasteiger partial charge >= 0.3 is 6.18 Å². The lowest BCUT2D eigenvalue weighted by molar-refractivity contribution is -0.137. The highest BCUT2D eigenvalue weighted by atomic mass is 32.2. The topological polar surface area (TPSA) is 83.8 Å². The number of rotatable bonds is 9. The van der Waals surface area contributed by atoms with Crippen molar-refractivity contribution in [2.75, 3.05) is 17.1 Å². The summed E-state index contributed by atoms with van der Waals surface area (Å²) in [4.78, 5) is 13.9. The van der Waals surface area contributed by atoms with Crippen molar-refractivity contribution < 1.29 is 26.4 Å². The average molecular weight is 615 g/mol. The lowest BCUT2D eigenvalue weighted by atomic mass is 10.1. The van der Waals surface area contributed by atoms with Gasteiger partial charge in [0.05, 0.1) is 28.0 Å². The van der Waals surface area contributed by atoms with E-state index in [1.807, 2.05) is 13.2 Å². The van der Waals surface area contributed by atoms with E-state index < -0.39 is 34.2 Å². The number of benzene rings is 3. The molecule has 1 N–H and O–H groups in total. The molecule has 1 amide bonds. The van der Waals surface area contributed by atoms with Crippen LogP contribution in [-0.2, 0) is 21.0 Å². The smallest absolute Gasteiger partial charge is 0.317 e. The Morgan fingerprint density at radius 3 is 2.26 bits per heavy atom. The maximum Gasteiger partial charge on any atom is 0.418 e. The van der Waals surface area contributed by atoms with Gasteiger partial charge in [-0.2, -0.15) is 18.3 Å². The third kappa shape index (κ3) is 6.71.